The van der Waals surface area contributed by atoms with Crippen LogP contribution in [0.1, 0.15) is 11.1 Å². The number of non-ortho nitro benzene ring substituents is 1. The molecular formula is C24H16N4O11S3. The van der Waals surface area contributed by atoms with Crippen LogP contribution in [0.25, 0.3) is 39.6 Å². The van der Waals surface area contributed by atoms with Gasteiger partial charge < -0.3 is 0 Å². The summed E-state index contributed by atoms with van der Waals surface area (Å²) < 4.78 is 99.8. The first-order chi connectivity index (χ1) is 19.5. The molecule has 0 saturated heterocycles. The molecule has 0 radical (unpaired) electrons. The predicted molar refractivity (Wildman–Crippen MR) is 148 cm³/mol. The molecular weight excluding hydrogens is 616 g/mol. The predicted octanol–water partition coefficient (Wildman–Crippen LogP) is 3.39. The van der Waals surface area contributed by atoms with Gasteiger partial charge in [-0.3, -0.25) is 23.8 Å². The van der Waals surface area contributed by atoms with Gasteiger partial charge in [0, 0.05) is 17.5 Å². The van der Waals surface area contributed by atoms with Gasteiger partial charge in [0.15, 0.2) is 0 Å². The van der Waals surface area contributed by atoms with E-state index in [0.29, 0.717) is 27.9 Å². The van der Waals surface area contributed by atoms with Crippen LogP contribution in [-0.4, -0.2) is 58.8 Å². The largest absolute Gasteiger partial charge is 0.295 e. The Balaban J connectivity index is 1.59. The molecule has 1 heterocycles. The van der Waals surface area contributed by atoms with Crippen LogP contribution in [0, 0.1) is 10.1 Å². The Labute approximate surface area is 236 Å². The molecule has 0 saturated carbocycles. The van der Waals surface area contributed by atoms with Crippen LogP contribution in [0.3, 0.4) is 0 Å². The molecule has 5 aromatic rings. The van der Waals surface area contributed by atoms with Crippen LogP contribution < -0.4 is 0 Å². The molecule has 18 heteroatoms. The summed E-state index contributed by atoms with van der Waals surface area (Å²) in [6, 6.07) is 13.3. The van der Waals surface area contributed by atoms with E-state index in [0.717, 1.165) is 35.1 Å². The van der Waals surface area contributed by atoms with Crippen molar-refractivity contribution in [2.75, 3.05) is 0 Å². The third-order valence-electron chi connectivity index (χ3n) is 6.07. The number of hydrogen-bond acceptors (Lipinski definition) is 10. The molecule has 0 aliphatic carbocycles. The Morgan fingerprint density at radius 3 is 1.93 bits per heavy atom. The first-order valence-electron chi connectivity index (χ1n) is 11.4. The summed E-state index contributed by atoms with van der Waals surface area (Å²) in [4.78, 5) is 9.52. The SMILES string of the molecule is O=[N+]([O-])c1ccc(/C=C/c2ccc(-n3nc4ccc5cc(S(=O)(=O)O)ccc5c4n3)cc2S(=O)(=O)O)c(S(=O)(=O)O)c1. The topological polar surface area (TPSA) is 237 Å². The summed E-state index contributed by atoms with van der Waals surface area (Å²) >= 11 is 0. The van der Waals surface area contributed by atoms with E-state index in [1.54, 1.807) is 6.07 Å². The van der Waals surface area contributed by atoms with Gasteiger partial charge in [0.2, 0.25) is 0 Å². The lowest BCUT2D eigenvalue weighted by Crippen LogP contribution is -2.05. The Bertz CT molecular complexity index is 2310. The molecule has 3 N–H and O–H groups in total. The minimum absolute atomic E-state index is 0.0904. The minimum atomic E-state index is -4.90. The molecule has 4 aromatic carbocycles. The minimum Gasteiger partial charge on any atom is -0.282 e. The molecule has 216 valence electrons. The van der Waals surface area contributed by atoms with Crippen molar-refractivity contribution in [3.8, 4) is 5.69 Å². The van der Waals surface area contributed by atoms with E-state index < -0.39 is 50.8 Å². The first-order valence-corrected chi connectivity index (χ1v) is 15.7. The number of rotatable bonds is 7. The molecule has 0 spiro atoms. The lowest BCUT2D eigenvalue weighted by molar-refractivity contribution is -0.385. The number of nitrogens with zero attached hydrogens (tertiary/aromatic N) is 4. The standard InChI is InChI=1S/C24H16N4O11S3/c29-28(30)18-7-4-15(23(13-18)42(37,38)39)2-1-14-3-6-17(12-22(14)41(34,35)36)27-25-21-10-5-16-11-19(40(31,32)33)8-9-20(16)24(21)26-27/h1-13H,(H,31,32,33)(H,34,35,36)(H,37,38,39)/b2-1+. The third-order valence-corrected chi connectivity index (χ3v) is 8.74. The van der Waals surface area contributed by atoms with Crippen molar-refractivity contribution in [1.29, 1.82) is 0 Å². The van der Waals surface area contributed by atoms with Crippen LogP contribution in [-0.2, 0) is 30.4 Å². The average molecular weight is 633 g/mol. The van der Waals surface area contributed by atoms with Gasteiger partial charge in [-0.1, -0.05) is 30.4 Å². The van der Waals surface area contributed by atoms with Crippen LogP contribution in [0.4, 0.5) is 5.69 Å². The highest BCUT2D eigenvalue weighted by atomic mass is 32.2. The number of aromatic nitrogens is 3. The lowest BCUT2D eigenvalue weighted by Gasteiger charge is -2.07. The summed E-state index contributed by atoms with van der Waals surface area (Å²) in [5.74, 6) is 0. The molecule has 0 atom stereocenters. The Hall–Kier alpha value is -4.59. The van der Waals surface area contributed by atoms with Crippen LogP contribution in [0.5, 0.6) is 0 Å². The van der Waals surface area contributed by atoms with Crippen molar-refractivity contribution in [2.45, 2.75) is 14.7 Å². The van der Waals surface area contributed by atoms with Crippen molar-refractivity contribution in [3.63, 3.8) is 0 Å². The summed E-state index contributed by atoms with van der Waals surface area (Å²) in [6.07, 6.45) is 2.21. The van der Waals surface area contributed by atoms with Crippen molar-refractivity contribution in [1.82, 2.24) is 15.0 Å². The Morgan fingerprint density at radius 1 is 0.714 bits per heavy atom. The highest BCUT2D eigenvalue weighted by Crippen LogP contribution is 2.29. The van der Waals surface area contributed by atoms with Gasteiger partial charge in [0.05, 0.1) is 15.5 Å². The highest BCUT2D eigenvalue weighted by molar-refractivity contribution is 7.86. The zero-order valence-electron chi connectivity index (χ0n) is 20.6. The summed E-state index contributed by atoms with van der Waals surface area (Å²) in [5.41, 5.74) is -0.141. The lowest BCUT2D eigenvalue weighted by atomic mass is 10.1. The molecule has 0 unspecified atom stereocenters. The fourth-order valence-corrected chi connectivity index (χ4v) is 6.07. The molecule has 1 aromatic heterocycles. The zero-order chi connectivity index (χ0) is 30.6. The summed E-state index contributed by atoms with van der Waals surface area (Å²) in [6.45, 7) is 0. The fourth-order valence-electron chi connectivity index (χ4n) is 4.15. The molecule has 0 aliphatic heterocycles. The Kier molecular flexibility index (Phi) is 6.92. The number of nitro groups is 1. The van der Waals surface area contributed by atoms with Gasteiger partial charge >= 0.3 is 0 Å². The van der Waals surface area contributed by atoms with E-state index in [2.05, 4.69) is 10.2 Å². The number of nitro benzene ring substituents is 1. The second-order valence-corrected chi connectivity index (χ2v) is 13.0. The molecule has 15 nitrogen and oxygen atoms in total. The van der Waals surface area contributed by atoms with Crippen molar-refractivity contribution >= 4 is 70.0 Å². The second-order valence-electron chi connectivity index (χ2n) is 8.77. The monoisotopic (exact) mass is 632 g/mol. The van der Waals surface area contributed by atoms with Crippen LogP contribution in [0.2, 0.25) is 0 Å². The van der Waals surface area contributed by atoms with Crippen molar-refractivity contribution < 1.29 is 43.8 Å². The van der Waals surface area contributed by atoms with Gasteiger partial charge in [0.1, 0.15) is 20.8 Å². The first kappa shape index (κ1) is 28.9. The quantitative estimate of drug-likeness (QED) is 0.101. The van der Waals surface area contributed by atoms with Crippen molar-refractivity contribution in [2.24, 2.45) is 0 Å². The van der Waals surface area contributed by atoms with E-state index >= 15 is 0 Å². The van der Waals surface area contributed by atoms with E-state index in [-0.39, 0.29) is 21.7 Å². The molecule has 42 heavy (non-hydrogen) atoms. The fraction of sp³-hybridized carbons (Fsp3) is 0. The van der Waals surface area contributed by atoms with Gasteiger partial charge in [0.25, 0.3) is 36.0 Å². The van der Waals surface area contributed by atoms with Gasteiger partial charge in [-0.25, -0.2) is 0 Å². The molecule has 5 rings (SSSR count). The van der Waals surface area contributed by atoms with Gasteiger partial charge in [-0.05, 0) is 52.9 Å². The van der Waals surface area contributed by atoms with E-state index in [9.17, 15) is 49.0 Å². The zero-order valence-corrected chi connectivity index (χ0v) is 23.1. The van der Waals surface area contributed by atoms with Crippen LogP contribution >= 0.6 is 0 Å². The third kappa shape index (κ3) is 5.62. The summed E-state index contributed by atoms with van der Waals surface area (Å²) in [5, 5.41) is 20.6. The number of benzene rings is 4. The molecule has 0 amide bonds. The number of hydrogen-bond donors (Lipinski definition) is 3. The number of fused-ring (bicyclic) bond motifs is 3. The van der Waals surface area contributed by atoms with Gasteiger partial charge in [-0.2, -0.15) is 30.0 Å². The van der Waals surface area contributed by atoms with Gasteiger partial charge in [-0.15, -0.1) is 10.2 Å². The average Bonchev–Trinajstić information content (AvgIpc) is 3.35. The molecule has 0 bridgehead atoms. The molecule has 0 fully saturated rings. The Morgan fingerprint density at radius 2 is 1.33 bits per heavy atom. The maximum absolute atomic E-state index is 12.2. The van der Waals surface area contributed by atoms with Crippen molar-refractivity contribution in [3.05, 3.63) is 88.0 Å². The maximum Gasteiger partial charge on any atom is 0.295 e. The molecule has 0 aliphatic rings. The smallest absolute Gasteiger partial charge is 0.282 e. The normalized spacial score (nSPS) is 12.8. The van der Waals surface area contributed by atoms with E-state index in [4.69, 9.17) is 0 Å². The van der Waals surface area contributed by atoms with Crippen LogP contribution in [0.15, 0.2) is 81.4 Å². The van der Waals surface area contributed by atoms with E-state index in [1.165, 1.54) is 36.4 Å². The summed E-state index contributed by atoms with van der Waals surface area (Å²) in [7, 11) is -14.2. The van der Waals surface area contributed by atoms with E-state index in [1.807, 2.05) is 0 Å². The second kappa shape index (κ2) is 10.0. The maximum atomic E-state index is 12.2. The highest BCUT2D eigenvalue weighted by Gasteiger charge is 2.21.